The van der Waals surface area contributed by atoms with Crippen molar-refractivity contribution in [2.24, 2.45) is 11.7 Å². The molecule has 0 saturated carbocycles. The Morgan fingerprint density at radius 2 is 1.54 bits per heavy atom. The molecule has 0 aromatic carbocycles. The average molecular weight is 212 g/mol. The zero-order valence-corrected chi connectivity index (χ0v) is 7.41. The number of aliphatic carboxylic acids is 2. The molecule has 0 aromatic heterocycles. The second-order valence-corrected chi connectivity index (χ2v) is 2.18. The van der Waals surface area contributed by atoms with E-state index in [9.17, 15) is 14.4 Å². The summed E-state index contributed by atoms with van der Waals surface area (Å²) < 4.78 is 0. The number of hydrogen-bond acceptors (Lipinski definition) is 4. The highest BCUT2D eigenvalue weighted by atomic mass is 35.5. The monoisotopic (exact) mass is 211 g/mol. The van der Waals surface area contributed by atoms with Gasteiger partial charge in [0.1, 0.15) is 5.78 Å². The van der Waals surface area contributed by atoms with Crippen molar-refractivity contribution in [3.05, 3.63) is 0 Å². The number of hydrogen-bond donors (Lipinski definition) is 3. The second-order valence-electron chi connectivity index (χ2n) is 2.18. The van der Waals surface area contributed by atoms with Gasteiger partial charge in [0.25, 0.3) is 0 Å². The number of ketones is 1. The summed E-state index contributed by atoms with van der Waals surface area (Å²) in [6.45, 7) is -0.336. The molecule has 0 atom stereocenters. The number of Topliss-reactive ketones (excluding diaryl/α,β-unsaturated/α-hetero) is 1. The molecule has 6 nitrogen and oxygen atoms in total. The van der Waals surface area contributed by atoms with E-state index in [1.54, 1.807) is 0 Å². The Hall–Kier alpha value is -1.14. The third kappa shape index (κ3) is 5.15. The lowest BCUT2D eigenvalue weighted by molar-refractivity contribution is -0.156. The smallest absolute Gasteiger partial charge is 0.318 e. The first-order chi connectivity index (χ1) is 5.49. The van der Waals surface area contributed by atoms with Gasteiger partial charge in [-0.3, -0.25) is 14.4 Å². The molecular formula is C6H10ClNO5. The zero-order valence-electron chi connectivity index (χ0n) is 6.60. The molecule has 0 bridgehead atoms. The zero-order chi connectivity index (χ0) is 9.72. The average Bonchev–Trinajstić information content (AvgIpc) is 1.98. The van der Waals surface area contributed by atoms with Crippen LogP contribution < -0.4 is 5.73 Å². The van der Waals surface area contributed by atoms with Crippen molar-refractivity contribution in [2.45, 2.75) is 6.42 Å². The van der Waals surface area contributed by atoms with Crippen LogP contribution in [0.1, 0.15) is 6.42 Å². The van der Waals surface area contributed by atoms with Gasteiger partial charge in [-0.05, 0) is 0 Å². The van der Waals surface area contributed by atoms with Crippen molar-refractivity contribution in [3.63, 3.8) is 0 Å². The van der Waals surface area contributed by atoms with Crippen LogP contribution in [0.5, 0.6) is 0 Å². The van der Waals surface area contributed by atoms with Crippen molar-refractivity contribution in [3.8, 4) is 0 Å². The Morgan fingerprint density at radius 3 is 1.77 bits per heavy atom. The molecule has 0 aliphatic carbocycles. The molecule has 0 rings (SSSR count). The largest absolute Gasteiger partial charge is 0.481 e. The Labute approximate surface area is 80.1 Å². The van der Waals surface area contributed by atoms with Gasteiger partial charge >= 0.3 is 11.9 Å². The molecular weight excluding hydrogens is 202 g/mol. The summed E-state index contributed by atoms with van der Waals surface area (Å²) in [6, 6.07) is 0. The summed E-state index contributed by atoms with van der Waals surface area (Å²) >= 11 is 0. The molecule has 0 aliphatic rings. The fourth-order valence-electron chi connectivity index (χ4n) is 0.591. The van der Waals surface area contributed by atoms with Gasteiger partial charge in [0.05, 0.1) is 6.54 Å². The number of carboxylic acids is 2. The Kier molecular flexibility index (Phi) is 7.07. The SMILES string of the molecule is Cl.NCC(=O)CC(C(=O)O)C(=O)O. The van der Waals surface area contributed by atoms with E-state index >= 15 is 0 Å². The standard InChI is InChI=1S/C6H9NO5.ClH/c7-2-3(8)1-4(5(9)10)6(11)12;/h4H,1-2,7H2,(H,9,10)(H,11,12);1H. The molecule has 7 heteroatoms. The Bertz CT molecular complexity index is 203. The molecule has 0 radical (unpaired) electrons. The molecule has 0 fully saturated rings. The van der Waals surface area contributed by atoms with Gasteiger partial charge in [-0.2, -0.15) is 0 Å². The fraction of sp³-hybridized carbons (Fsp3) is 0.500. The maximum Gasteiger partial charge on any atom is 0.318 e. The summed E-state index contributed by atoms with van der Waals surface area (Å²) in [5.74, 6) is -5.31. The highest BCUT2D eigenvalue weighted by molar-refractivity contribution is 5.97. The van der Waals surface area contributed by atoms with Gasteiger partial charge in [0, 0.05) is 6.42 Å². The van der Waals surface area contributed by atoms with Crippen molar-refractivity contribution in [2.75, 3.05) is 6.54 Å². The minimum Gasteiger partial charge on any atom is -0.481 e. The van der Waals surface area contributed by atoms with Crippen LogP contribution in [0.15, 0.2) is 0 Å². The lowest BCUT2D eigenvalue weighted by Crippen LogP contribution is -2.28. The van der Waals surface area contributed by atoms with Gasteiger partial charge in [0.2, 0.25) is 0 Å². The van der Waals surface area contributed by atoms with Crippen LogP contribution in [0.4, 0.5) is 0 Å². The maximum absolute atomic E-state index is 10.6. The first-order valence-corrected chi connectivity index (χ1v) is 3.16. The molecule has 0 amide bonds. The molecule has 0 unspecified atom stereocenters. The van der Waals surface area contributed by atoms with Crippen LogP contribution >= 0.6 is 12.4 Å². The lowest BCUT2D eigenvalue weighted by atomic mass is 10.0. The van der Waals surface area contributed by atoms with E-state index in [2.05, 4.69) is 0 Å². The summed E-state index contributed by atoms with van der Waals surface area (Å²) in [7, 11) is 0. The first kappa shape index (κ1) is 14.4. The van der Waals surface area contributed by atoms with Crippen molar-refractivity contribution in [1.29, 1.82) is 0 Å². The van der Waals surface area contributed by atoms with Crippen LogP contribution in [0, 0.1) is 5.92 Å². The summed E-state index contributed by atoms with van der Waals surface area (Å²) in [4.78, 5) is 31.0. The summed E-state index contributed by atoms with van der Waals surface area (Å²) in [6.07, 6.45) is -0.554. The van der Waals surface area contributed by atoms with Crippen molar-refractivity contribution < 1.29 is 24.6 Å². The summed E-state index contributed by atoms with van der Waals surface area (Å²) in [5.41, 5.74) is 4.89. The van der Waals surface area contributed by atoms with Gasteiger partial charge < -0.3 is 15.9 Å². The van der Waals surface area contributed by atoms with Crippen molar-refractivity contribution in [1.82, 2.24) is 0 Å². The number of halogens is 1. The van der Waals surface area contributed by atoms with E-state index in [1.165, 1.54) is 0 Å². The third-order valence-corrected chi connectivity index (χ3v) is 1.26. The van der Waals surface area contributed by atoms with Crippen LogP contribution in [0.25, 0.3) is 0 Å². The van der Waals surface area contributed by atoms with Gasteiger partial charge in [-0.1, -0.05) is 0 Å². The maximum atomic E-state index is 10.6. The van der Waals surface area contributed by atoms with Crippen LogP contribution in [0.2, 0.25) is 0 Å². The van der Waals surface area contributed by atoms with Gasteiger partial charge in [0.15, 0.2) is 5.92 Å². The molecule has 0 aliphatic heterocycles. The lowest BCUT2D eigenvalue weighted by Gasteiger charge is -2.03. The van der Waals surface area contributed by atoms with E-state index < -0.39 is 30.1 Å². The molecule has 0 aromatic rings. The quantitative estimate of drug-likeness (QED) is 0.508. The van der Waals surface area contributed by atoms with Gasteiger partial charge in [-0.25, -0.2) is 0 Å². The van der Waals surface area contributed by atoms with E-state index in [4.69, 9.17) is 15.9 Å². The van der Waals surface area contributed by atoms with Crippen LogP contribution in [-0.4, -0.2) is 34.5 Å². The second kappa shape index (κ2) is 6.38. The van der Waals surface area contributed by atoms with E-state index in [0.29, 0.717) is 0 Å². The molecule has 0 spiro atoms. The summed E-state index contributed by atoms with van der Waals surface area (Å²) in [5, 5.41) is 16.6. The normalized spacial score (nSPS) is 9.08. The number of carbonyl (C=O) groups excluding carboxylic acids is 1. The topological polar surface area (TPSA) is 118 Å². The van der Waals surface area contributed by atoms with E-state index in [-0.39, 0.29) is 19.0 Å². The highest BCUT2D eigenvalue weighted by Crippen LogP contribution is 2.03. The highest BCUT2D eigenvalue weighted by Gasteiger charge is 2.27. The Morgan fingerprint density at radius 1 is 1.15 bits per heavy atom. The number of carbonyl (C=O) groups is 3. The van der Waals surface area contributed by atoms with E-state index in [0.717, 1.165) is 0 Å². The molecule has 4 N–H and O–H groups in total. The Balaban J connectivity index is 0. The molecule has 0 heterocycles. The molecule has 76 valence electrons. The fourth-order valence-corrected chi connectivity index (χ4v) is 0.591. The number of carboxylic acid groups (broad SMARTS) is 2. The predicted octanol–water partition coefficient (Wildman–Crippen LogP) is -0.889. The predicted molar refractivity (Wildman–Crippen MR) is 44.7 cm³/mol. The van der Waals surface area contributed by atoms with Crippen LogP contribution in [-0.2, 0) is 14.4 Å². The first-order valence-electron chi connectivity index (χ1n) is 3.16. The minimum absolute atomic E-state index is 0. The third-order valence-electron chi connectivity index (χ3n) is 1.26. The van der Waals surface area contributed by atoms with E-state index in [1.807, 2.05) is 0 Å². The minimum atomic E-state index is -1.68. The van der Waals surface area contributed by atoms with Gasteiger partial charge in [-0.15, -0.1) is 12.4 Å². The number of rotatable bonds is 5. The van der Waals surface area contributed by atoms with Crippen molar-refractivity contribution >= 4 is 30.1 Å². The number of nitrogens with two attached hydrogens (primary N) is 1. The molecule has 13 heavy (non-hydrogen) atoms. The molecule has 0 saturated heterocycles. The van der Waals surface area contributed by atoms with Crippen LogP contribution in [0.3, 0.4) is 0 Å².